The number of hydrogen-bond donors (Lipinski definition) is 2. The fraction of sp³-hybridized carbons (Fsp3) is 0.650. The number of nitrogens with one attached hydrogen (secondary N) is 2. The minimum absolute atomic E-state index is 0. The van der Waals surface area contributed by atoms with Crippen LogP contribution in [0.15, 0.2) is 29.3 Å². The van der Waals surface area contributed by atoms with E-state index in [4.69, 9.17) is 14.2 Å². The number of halogens is 2. The molecule has 1 atom stereocenters. The van der Waals surface area contributed by atoms with Crippen LogP contribution < -0.4 is 10.6 Å². The molecule has 2 rings (SSSR count). The smallest absolute Gasteiger partial charge is 0.191 e. The maximum Gasteiger partial charge on any atom is 0.191 e. The Hall–Kier alpha value is -0.970. The fourth-order valence-corrected chi connectivity index (χ4v) is 2.97. The average Bonchev–Trinajstić information content (AvgIpc) is 2.71. The van der Waals surface area contributed by atoms with Crippen molar-refractivity contribution in [3.05, 3.63) is 35.6 Å². The van der Waals surface area contributed by atoms with Crippen LogP contribution in [0.2, 0.25) is 0 Å². The van der Waals surface area contributed by atoms with Crippen molar-refractivity contribution < 1.29 is 18.6 Å². The fourth-order valence-electron chi connectivity index (χ4n) is 2.97. The lowest BCUT2D eigenvalue weighted by Crippen LogP contribution is -2.40. The van der Waals surface area contributed by atoms with Crippen molar-refractivity contribution >= 4 is 29.9 Å². The van der Waals surface area contributed by atoms with Crippen molar-refractivity contribution in [1.82, 2.24) is 10.6 Å². The second-order valence-corrected chi connectivity index (χ2v) is 6.64. The summed E-state index contributed by atoms with van der Waals surface area (Å²) in [5.74, 6) is 1.10. The number of ether oxygens (including phenoxy) is 3. The molecule has 1 heterocycles. The highest BCUT2D eigenvalue weighted by Gasteiger charge is 2.13. The maximum atomic E-state index is 13.1. The highest BCUT2D eigenvalue weighted by atomic mass is 127. The Morgan fingerprint density at radius 1 is 1.25 bits per heavy atom. The summed E-state index contributed by atoms with van der Waals surface area (Å²) in [5, 5.41) is 6.51. The third-order valence-corrected chi connectivity index (χ3v) is 4.66. The molecule has 160 valence electrons. The Morgan fingerprint density at radius 2 is 1.96 bits per heavy atom. The first-order valence-electron chi connectivity index (χ1n) is 9.61. The highest BCUT2D eigenvalue weighted by Crippen LogP contribution is 2.16. The minimum Gasteiger partial charge on any atom is -0.381 e. The maximum absolute atomic E-state index is 13.1. The molecular formula is C20H33FIN3O3. The first kappa shape index (κ1) is 25.1. The molecule has 1 aliphatic heterocycles. The summed E-state index contributed by atoms with van der Waals surface area (Å²) < 4.78 is 29.7. The number of nitrogens with zero attached hydrogens (tertiary/aromatic N) is 1. The van der Waals surface area contributed by atoms with Gasteiger partial charge in [-0.1, -0.05) is 12.1 Å². The second-order valence-electron chi connectivity index (χ2n) is 6.64. The van der Waals surface area contributed by atoms with Gasteiger partial charge < -0.3 is 24.8 Å². The average molecular weight is 509 g/mol. The van der Waals surface area contributed by atoms with Crippen LogP contribution in [0.25, 0.3) is 0 Å². The number of rotatable bonds is 10. The molecule has 0 aliphatic carbocycles. The first-order chi connectivity index (χ1) is 13.2. The predicted molar refractivity (Wildman–Crippen MR) is 120 cm³/mol. The van der Waals surface area contributed by atoms with Gasteiger partial charge in [-0.15, -0.1) is 24.0 Å². The number of methoxy groups -OCH3 is 1. The monoisotopic (exact) mass is 509 g/mol. The SMILES string of the molecule is CN=C(NCCCOCC1CCOCC1)NCC(OC)c1ccc(F)cc1.I. The van der Waals surface area contributed by atoms with Crippen LogP contribution in [0.1, 0.15) is 30.9 Å². The van der Waals surface area contributed by atoms with E-state index in [2.05, 4.69) is 15.6 Å². The topological polar surface area (TPSA) is 64.1 Å². The van der Waals surface area contributed by atoms with Gasteiger partial charge in [0.15, 0.2) is 5.96 Å². The number of benzene rings is 1. The van der Waals surface area contributed by atoms with E-state index >= 15 is 0 Å². The van der Waals surface area contributed by atoms with Gasteiger partial charge >= 0.3 is 0 Å². The van der Waals surface area contributed by atoms with Crippen LogP contribution in [-0.2, 0) is 14.2 Å². The molecule has 6 nitrogen and oxygen atoms in total. The van der Waals surface area contributed by atoms with Crippen LogP contribution in [0, 0.1) is 11.7 Å². The lowest BCUT2D eigenvalue weighted by atomic mass is 10.0. The summed E-state index contributed by atoms with van der Waals surface area (Å²) in [6.45, 7) is 4.60. The zero-order chi connectivity index (χ0) is 19.3. The Balaban J connectivity index is 0.00000392. The molecule has 0 spiro atoms. The van der Waals surface area contributed by atoms with E-state index in [1.165, 1.54) is 12.1 Å². The third-order valence-electron chi connectivity index (χ3n) is 4.66. The Labute approximate surface area is 184 Å². The molecule has 28 heavy (non-hydrogen) atoms. The van der Waals surface area contributed by atoms with E-state index in [9.17, 15) is 4.39 Å². The van der Waals surface area contributed by atoms with Crippen LogP contribution >= 0.6 is 24.0 Å². The van der Waals surface area contributed by atoms with Gasteiger partial charge in [-0.05, 0) is 42.9 Å². The summed E-state index contributed by atoms with van der Waals surface area (Å²) in [6.07, 6.45) is 2.94. The van der Waals surface area contributed by atoms with Gasteiger partial charge in [0.1, 0.15) is 5.82 Å². The van der Waals surface area contributed by atoms with Crippen molar-refractivity contribution in [3.63, 3.8) is 0 Å². The van der Waals surface area contributed by atoms with Gasteiger partial charge in [0.25, 0.3) is 0 Å². The summed E-state index contributed by atoms with van der Waals surface area (Å²) >= 11 is 0. The van der Waals surface area contributed by atoms with Gasteiger partial charge in [-0.3, -0.25) is 4.99 Å². The summed E-state index contributed by atoms with van der Waals surface area (Å²) in [5.41, 5.74) is 0.920. The standard InChI is InChI=1S/C20H32FN3O3.HI/c1-22-20(23-10-3-11-27-15-16-8-12-26-13-9-16)24-14-19(25-2)17-4-6-18(21)7-5-17;/h4-7,16,19H,3,8-15H2,1-2H3,(H2,22,23,24);1H. The molecule has 0 bridgehead atoms. The Kier molecular flexibility index (Phi) is 13.4. The quantitative estimate of drug-likeness (QED) is 0.220. The highest BCUT2D eigenvalue weighted by molar-refractivity contribution is 14.0. The normalized spacial score (nSPS) is 16.3. The lowest BCUT2D eigenvalue weighted by Gasteiger charge is -2.21. The number of aliphatic imine (C=N–C) groups is 1. The van der Waals surface area contributed by atoms with Crippen LogP contribution in [0.5, 0.6) is 0 Å². The van der Waals surface area contributed by atoms with Crippen LogP contribution in [0.4, 0.5) is 4.39 Å². The largest absolute Gasteiger partial charge is 0.381 e. The summed E-state index contributed by atoms with van der Waals surface area (Å²) in [7, 11) is 3.37. The van der Waals surface area contributed by atoms with Crippen molar-refractivity contribution in [1.29, 1.82) is 0 Å². The summed E-state index contributed by atoms with van der Waals surface area (Å²) in [6, 6.07) is 6.35. The van der Waals surface area contributed by atoms with E-state index in [1.807, 2.05) is 0 Å². The van der Waals surface area contributed by atoms with Gasteiger partial charge in [0.05, 0.1) is 6.10 Å². The van der Waals surface area contributed by atoms with Crippen molar-refractivity contribution in [2.75, 3.05) is 53.7 Å². The first-order valence-corrected chi connectivity index (χ1v) is 9.61. The molecule has 1 fully saturated rings. The molecule has 1 aromatic rings. The Bertz CT molecular complexity index is 554. The predicted octanol–water partition coefficient (Wildman–Crippen LogP) is 3.13. The number of hydrogen-bond acceptors (Lipinski definition) is 4. The molecule has 0 aromatic heterocycles. The molecule has 2 N–H and O–H groups in total. The Morgan fingerprint density at radius 3 is 2.61 bits per heavy atom. The molecule has 8 heteroatoms. The second kappa shape index (κ2) is 14.9. The van der Waals surface area contributed by atoms with Crippen LogP contribution in [-0.4, -0.2) is 59.6 Å². The molecule has 1 aliphatic rings. The van der Waals surface area contributed by atoms with Crippen molar-refractivity contribution in [3.8, 4) is 0 Å². The van der Waals surface area contributed by atoms with E-state index in [-0.39, 0.29) is 35.9 Å². The van der Waals surface area contributed by atoms with Gasteiger partial charge in [0.2, 0.25) is 0 Å². The molecule has 1 saturated heterocycles. The molecule has 1 aromatic carbocycles. The van der Waals surface area contributed by atoms with E-state index in [0.717, 1.165) is 57.8 Å². The van der Waals surface area contributed by atoms with Gasteiger partial charge in [-0.25, -0.2) is 4.39 Å². The minimum atomic E-state index is -0.252. The molecule has 0 saturated carbocycles. The van der Waals surface area contributed by atoms with E-state index in [0.29, 0.717) is 18.4 Å². The molecule has 0 amide bonds. The lowest BCUT2D eigenvalue weighted by molar-refractivity contribution is 0.0203. The van der Waals surface area contributed by atoms with Crippen molar-refractivity contribution in [2.24, 2.45) is 10.9 Å². The molecular weight excluding hydrogens is 476 g/mol. The van der Waals surface area contributed by atoms with Crippen molar-refractivity contribution in [2.45, 2.75) is 25.4 Å². The zero-order valence-electron chi connectivity index (χ0n) is 16.8. The summed E-state index contributed by atoms with van der Waals surface area (Å²) in [4.78, 5) is 4.22. The van der Waals surface area contributed by atoms with E-state index < -0.39 is 0 Å². The zero-order valence-corrected chi connectivity index (χ0v) is 19.1. The number of guanidine groups is 1. The van der Waals surface area contributed by atoms with Crippen LogP contribution in [0.3, 0.4) is 0 Å². The van der Waals surface area contributed by atoms with Gasteiger partial charge in [0, 0.05) is 53.7 Å². The van der Waals surface area contributed by atoms with E-state index in [1.54, 1.807) is 26.3 Å². The molecule has 1 unspecified atom stereocenters. The molecule has 0 radical (unpaired) electrons. The van der Waals surface area contributed by atoms with Gasteiger partial charge in [-0.2, -0.15) is 0 Å². The third kappa shape index (κ3) is 9.49.